The van der Waals surface area contributed by atoms with E-state index in [0.29, 0.717) is 25.0 Å². The van der Waals surface area contributed by atoms with Crippen molar-refractivity contribution in [2.45, 2.75) is 26.3 Å². The third-order valence-electron chi connectivity index (χ3n) is 5.74. The first-order valence-corrected chi connectivity index (χ1v) is 10.1. The Morgan fingerprint density at radius 1 is 1.11 bits per heavy atom. The third kappa shape index (κ3) is 5.43. The van der Waals surface area contributed by atoms with Crippen LogP contribution in [0.3, 0.4) is 0 Å². The molecule has 3 rings (SSSR count). The summed E-state index contributed by atoms with van der Waals surface area (Å²) < 4.78 is 5.21. The van der Waals surface area contributed by atoms with Gasteiger partial charge < -0.3 is 9.64 Å². The zero-order valence-electron chi connectivity index (χ0n) is 17.3. The smallest absolute Gasteiger partial charge is 0.219 e. The van der Waals surface area contributed by atoms with Crippen molar-refractivity contribution in [3.05, 3.63) is 71.3 Å². The summed E-state index contributed by atoms with van der Waals surface area (Å²) in [7, 11) is 1.69. The van der Waals surface area contributed by atoms with Gasteiger partial charge in [-0.25, -0.2) is 0 Å². The zero-order valence-corrected chi connectivity index (χ0v) is 17.3. The summed E-state index contributed by atoms with van der Waals surface area (Å²) in [5, 5.41) is 0. The van der Waals surface area contributed by atoms with Gasteiger partial charge in [0.2, 0.25) is 5.91 Å². The first kappa shape index (κ1) is 20.6. The molecule has 2 atom stereocenters. The van der Waals surface area contributed by atoms with E-state index in [4.69, 9.17) is 4.74 Å². The summed E-state index contributed by atoms with van der Waals surface area (Å²) >= 11 is 0. The van der Waals surface area contributed by atoms with Gasteiger partial charge in [0.1, 0.15) is 0 Å². The second-order valence-electron chi connectivity index (χ2n) is 7.91. The summed E-state index contributed by atoms with van der Waals surface area (Å²) in [6.07, 6.45) is 0. The molecule has 4 heteroatoms. The molecule has 1 fully saturated rings. The van der Waals surface area contributed by atoms with Gasteiger partial charge in [-0.1, -0.05) is 60.2 Å². The standard InChI is InChI=1S/C24H32N2O2/c1-19-9-11-22(12-10-19)24-18-25(15-21-7-5-4-6-8-21)16-23(24)17-26(20(2)27)13-14-28-3/h4-12,23-24H,13-18H2,1-3H3. The van der Waals surface area contributed by atoms with Crippen molar-refractivity contribution in [2.24, 2.45) is 5.92 Å². The number of likely N-dealkylation sites (tertiary alicyclic amines) is 1. The minimum absolute atomic E-state index is 0.126. The van der Waals surface area contributed by atoms with Crippen molar-refractivity contribution in [2.75, 3.05) is 39.9 Å². The summed E-state index contributed by atoms with van der Waals surface area (Å²) in [4.78, 5) is 16.6. The second kappa shape index (κ2) is 9.85. The number of carbonyl (C=O) groups excluding carboxylic acids is 1. The Hall–Kier alpha value is -2.17. The molecule has 1 saturated heterocycles. The lowest BCUT2D eigenvalue weighted by Gasteiger charge is -2.27. The molecule has 1 aliphatic rings. The predicted octanol–water partition coefficient (Wildman–Crippen LogP) is 3.71. The molecule has 0 bridgehead atoms. The van der Waals surface area contributed by atoms with Crippen molar-refractivity contribution in [3.8, 4) is 0 Å². The highest BCUT2D eigenvalue weighted by Gasteiger charge is 2.35. The fraction of sp³-hybridized carbons (Fsp3) is 0.458. The van der Waals surface area contributed by atoms with Crippen LogP contribution in [-0.4, -0.2) is 55.6 Å². The second-order valence-corrected chi connectivity index (χ2v) is 7.91. The predicted molar refractivity (Wildman–Crippen MR) is 113 cm³/mol. The fourth-order valence-electron chi connectivity index (χ4n) is 4.17. The highest BCUT2D eigenvalue weighted by Crippen LogP contribution is 2.34. The van der Waals surface area contributed by atoms with Gasteiger partial charge in [0.05, 0.1) is 6.61 Å². The molecular weight excluding hydrogens is 348 g/mol. The number of benzene rings is 2. The SMILES string of the molecule is COCCN(CC1CN(Cc2ccccc2)CC1c1ccc(C)cc1)C(C)=O. The van der Waals surface area contributed by atoms with Crippen LogP contribution in [0.4, 0.5) is 0 Å². The first-order valence-electron chi connectivity index (χ1n) is 10.1. The Bertz CT molecular complexity index is 745. The average molecular weight is 381 g/mol. The van der Waals surface area contributed by atoms with Crippen molar-refractivity contribution < 1.29 is 9.53 Å². The Kier molecular flexibility index (Phi) is 7.24. The van der Waals surface area contributed by atoms with Crippen LogP contribution in [0.15, 0.2) is 54.6 Å². The van der Waals surface area contributed by atoms with Crippen molar-refractivity contribution in [1.29, 1.82) is 0 Å². The molecule has 0 saturated carbocycles. The summed E-state index contributed by atoms with van der Waals surface area (Å²) in [5.74, 6) is 0.988. The number of hydrogen-bond acceptors (Lipinski definition) is 3. The molecule has 4 nitrogen and oxygen atoms in total. The summed E-state index contributed by atoms with van der Waals surface area (Å²) in [5.41, 5.74) is 4.00. The number of carbonyl (C=O) groups is 1. The molecule has 1 heterocycles. The van der Waals surface area contributed by atoms with Crippen molar-refractivity contribution in [1.82, 2.24) is 9.80 Å². The number of hydrogen-bond donors (Lipinski definition) is 0. The van der Waals surface area contributed by atoms with Crippen molar-refractivity contribution in [3.63, 3.8) is 0 Å². The number of methoxy groups -OCH3 is 1. The molecule has 150 valence electrons. The number of amides is 1. The van der Waals surface area contributed by atoms with Crippen LogP contribution in [0.1, 0.15) is 29.5 Å². The van der Waals surface area contributed by atoms with E-state index in [1.165, 1.54) is 16.7 Å². The van der Waals surface area contributed by atoms with Crippen molar-refractivity contribution >= 4 is 5.91 Å². The zero-order chi connectivity index (χ0) is 19.9. The largest absolute Gasteiger partial charge is 0.383 e. The number of aryl methyl sites for hydroxylation is 1. The molecule has 0 aliphatic carbocycles. The summed E-state index contributed by atoms with van der Waals surface area (Å²) in [6, 6.07) is 19.5. The molecule has 2 unspecified atom stereocenters. The lowest BCUT2D eigenvalue weighted by atomic mass is 9.88. The van der Waals surface area contributed by atoms with Crippen LogP contribution < -0.4 is 0 Å². The van der Waals surface area contributed by atoms with Gasteiger partial charge in [-0.15, -0.1) is 0 Å². The van der Waals surface area contributed by atoms with E-state index in [1.54, 1.807) is 14.0 Å². The molecule has 0 N–H and O–H groups in total. The Balaban J connectivity index is 1.76. The van der Waals surface area contributed by atoms with E-state index >= 15 is 0 Å². The molecule has 0 radical (unpaired) electrons. The quantitative estimate of drug-likeness (QED) is 0.700. The Morgan fingerprint density at radius 2 is 1.82 bits per heavy atom. The molecule has 1 aliphatic heterocycles. The van der Waals surface area contributed by atoms with E-state index in [1.807, 2.05) is 4.90 Å². The maximum atomic E-state index is 12.2. The third-order valence-corrected chi connectivity index (χ3v) is 5.74. The average Bonchev–Trinajstić information content (AvgIpc) is 3.08. The molecule has 0 aromatic heterocycles. The van der Waals surface area contributed by atoms with E-state index in [0.717, 1.165) is 26.2 Å². The number of nitrogens with zero attached hydrogens (tertiary/aromatic N) is 2. The fourth-order valence-corrected chi connectivity index (χ4v) is 4.17. The monoisotopic (exact) mass is 380 g/mol. The topological polar surface area (TPSA) is 32.8 Å². The van der Waals surface area contributed by atoms with Crippen LogP contribution >= 0.6 is 0 Å². The maximum Gasteiger partial charge on any atom is 0.219 e. The van der Waals surface area contributed by atoms with Crippen LogP contribution in [0, 0.1) is 12.8 Å². The minimum Gasteiger partial charge on any atom is -0.383 e. The van der Waals surface area contributed by atoms with Gasteiger partial charge in [0.25, 0.3) is 0 Å². The molecule has 2 aromatic carbocycles. The number of ether oxygens (including phenoxy) is 1. The highest BCUT2D eigenvalue weighted by atomic mass is 16.5. The van der Waals surface area contributed by atoms with E-state index in [9.17, 15) is 4.79 Å². The van der Waals surface area contributed by atoms with Gasteiger partial charge in [0.15, 0.2) is 0 Å². The van der Waals surface area contributed by atoms with Crippen LogP contribution in [0.2, 0.25) is 0 Å². The van der Waals surface area contributed by atoms with Crippen LogP contribution in [0.25, 0.3) is 0 Å². The molecule has 0 spiro atoms. The van der Waals surface area contributed by atoms with Gasteiger partial charge >= 0.3 is 0 Å². The Morgan fingerprint density at radius 3 is 2.46 bits per heavy atom. The van der Waals surface area contributed by atoms with E-state index < -0.39 is 0 Å². The minimum atomic E-state index is 0.126. The molecular formula is C24H32N2O2. The van der Waals surface area contributed by atoms with E-state index in [-0.39, 0.29) is 5.91 Å². The lowest BCUT2D eigenvalue weighted by molar-refractivity contribution is -0.130. The highest BCUT2D eigenvalue weighted by molar-refractivity contribution is 5.73. The van der Waals surface area contributed by atoms with Gasteiger partial charge in [-0.2, -0.15) is 0 Å². The van der Waals surface area contributed by atoms with Gasteiger partial charge in [-0.3, -0.25) is 9.69 Å². The van der Waals surface area contributed by atoms with Crippen LogP contribution in [0.5, 0.6) is 0 Å². The maximum absolute atomic E-state index is 12.2. The van der Waals surface area contributed by atoms with E-state index in [2.05, 4.69) is 66.4 Å². The molecule has 1 amide bonds. The molecule has 2 aromatic rings. The number of rotatable bonds is 8. The summed E-state index contributed by atoms with van der Waals surface area (Å²) in [6.45, 7) is 8.78. The van der Waals surface area contributed by atoms with Gasteiger partial charge in [-0.05, 0) is 24.0 Å². The first-order chi connectivity index (χ1) is 13.6. The van der Waals surface area contributed by atoms with Gasteiger partial charge in [0, 0.05) is 52.7 Å². The molecule has 28 heavy (non-hydrogen) atoms. The normalized spacial score (nSPS) is 19.7. The Labute approximate surface area is 169 Å². The van der Waals surface area contributed by atoms with Crippen LogP contribution in [-0.2, 0) is 16.1 Å². The lowest BCUT2D eigenvalue weighted by Crippen LogP contribution is -2.38.